The third-order valence-electron chi connectivity index (χ3n) is 6.26. The quantitative estimate of drug-likeness (QED) is 0.297. The molecule has 2 amide bonds. The summed E-state index contributed by atoms with van der Waals surface area (Å²) in [6, 6.07) is 19.3. The molecule has 0 bridgehead atoms. The lowest BCUT2D eigenvalue weighted by molar-refractivity contribution is -0.137. The van der Waals surface area contributed by atoms with Crippen LogP contribution in [0, 0.1) is 6.92 Å². The summed E-state index contributed by atoms with van der Waals surface area (Å²) in [5, 5.41) is 2.60. The van der Waals surface area contributed by atoms with E-state index in [1.165, 1.54) is 18.3 Å². The first-order valence-corrected chi connectivity index (χ1v) is 12.0. The Kier molecular flexibility index (Phi) is 7.95. The zero-order valence-electron chi connectivity index (χ0n) is 21.0. The third kappa shape index (κ3) is 6.11. The first kappa shape index (κ1) is 26.7. The van der Waals surface area contributed by atoms with Gasteiger partial charge in [0.25, 0.3) is 11.8 Å². The second kappa shape index (κ2) is 11.3. The van der Waals surface area contributed by atoms with Gasteiger partial charge < -0.3 is 14.8 Å². The van der Waals surface area contributed by atoms with Gasteiger partial charge in [0.15, 0.2) is 0 Å². The van der Waals surface area contributed by atoms with E-state index in [0.717, 1.165) is 23.4 Å². The lowest BCUT2D eigenvalue weighted by Crippen LogP contribution is -2.28. The maximum Gasteiger partial charge on any atom is 0.416 e. The minimum absolute atomic E-state index is 0.0637. The predicted molar refractivity (Wildman–Crippen MR) is 140 cm³/mol. The van der Waals surface area contributed by atoms with Crippen molar-refractivity contribution >= 4 is 17.5 Å². The van der Waals surface area contributed by atoms with Crippen molar-refractivity contribution in [1.82, 2.24) is 14.5 Å². The van der Waals surface area contributed by atoms with E-state index in [1.807, 2.05) is 34.9 Å². The molecule has 0 fully saturated rings. The van der Waals surface area contributed by atoms with Crippen LogP contribution in [0.3, 0.4) is 0 Å². The lowest BCUT2D eigenvalue weighted by Gasteiger charge is -2.18. The molecule has 0 aliphatic rings. The average molecular weight is 521 g/mol. The van der Waals surface area contributed by atoms with Crippen molar-refractivity contribution < 1.29 is 22.8 Å². The van der Waals surface area contributed by atoms with Gasteiger partial charge >= 0.3 is 6.18 Å². The van der Waals surface area contributed by atoms with Crippen molar-refractivity contribution in [2.45, 2.75) is 26.1 Å². The number of halogens is 3. The van der Waals surface area contributed by atoms with Gasteiger partial charge in [-0.05, 0) is 55.3 Å². The van der Waals surface area contributed by atoms with Gasteiger partial charge in [0.2, 0.25) is 0 Å². The van der Waals surface area contributed by atoms with Crippen LogP contribution in [0.2, 0.25) is 0 Å². The van der Waals surface area contributed by atoms with E-state index in [9.17, 15) is 22.8 Å². The number of aromatic nitrogens is 2. The molecule has 0 unspecified atom stereocenters. The topological polar surface area (TPSA) is 67.2 Å². The average Bonchev–Trinajstić information content (AvgIpc) is 3.25. The molecule has 2 aromatic heterocycles. The summed E-state index contributed by atoms with van der Waals surface area (Å²) in [4.78, 5) is 31.4. The number of hydrogen-bond donors (Lipinski definition) is 1. The molecule has 0 aliphatic heterocycles. The normalized spacial score (nSPS) is 11.3. The largest absolute Gasteiger partial charge is 0.416 e. The summed E-state index contributed by atoms with van der Waals surface area (Å²) >= 11 is 0. The van der Waals surface area contributed by atoms with Crippen LogP contribution >= 0.6 is 0 Å². The van der Waals surface area contributed by atoms with E-state index in [-0.39, 0.29) is 11.6 Å². The van der Waals surface area contributed by atoms with Crippen LogP contribution in [0.1, 0.15) is 38.4 Å². The number of benzene rings is 2. The Labute approximate surface area is 218 Å². The summed E-state index contributed by atoms with van der Waals surface area (Å²) in [5.41, 5.74) is 2.47. The molecule has 2 heterocycles. The van der Waals surface area contributed by atoms with Gasteiger partial charge in [0.1, 0.15) is 0 Å². The van der Waals surface area contributed by atoms with Crippen LogP contribution in [0.5, 0.6) is 0 Å². The van der Waals surface area contributed by atoms with Crippen LogP contribution in [-0.4, -0.2) is 39.9 Å². The molecule has 196 valence electrons. The van der Waals surface area contributed by atoms with Gasteiger partial charge in [0.05, 0.1) is 16.7 Å². The number of pyridine rings is 1. The number of anilines is 1. The molecule has 4 aromatic rings. The number of amides is 2. The third-order valence-corrected chi connectivity index (χ3v) is 6.26. The van der Waals surface area contributed by atoms with E-state index in [0.29, 0.717) is 36.3 Å². The standard InChI is InChI=1S/C29H27F3N4O2/c1-20-25(27(37)34-24-13-6-12-23(17-24)29(30,31)32)18-26(21-9-4-3-5-10-21)36(20)16-8-15-35(2)28(38)22-11-7-14-33-19-22/h3-7,9-14,17-19H,8,15-16H2,1-2H3,(H,34,37). The molecular weight excluding hydrogens is 493 g/mol. The fraction of sp³-hybridized carbons (Fsp3) is 0.207. The van der Waals surface area contributed by atoms with Gasteiger partial charge in [-0.15, -0.1) is 0 Å². The first-order chi connectivity index (χ1) is 18.1. The molecule has 0 radical (unpaired) electrons. The van der Waals surface area contributed by atoms with E-state index in [4.69, 9.17) is 0 Å². The molecule has 0 atom stereocenters. The van der Waals surface area contributed by atoms with Crippen molar-refractivity contribution in [2.75, 3.05) is 18.9 Å². The maximum absolute atomic E-state index is 13.2. The van der Waals surface area contributed by atoms with Crippen LogP contribution < -0.4 is 5.32 Å². The van der Waals surface area contributed by atoms with E-state index in [1.54, 1.807) is 43.3 Å². The van der Waals surface area contributed by atoms with Crippen molar-refractivity contribution in [1.29, 1.82) is 0 Å². The van der Waals surface area contributed by atoms with Gasteiger partial charge in [0, 0.05) is 49.6 Å². The van der Waals surface area contributed by atoms with Gasteiger partial charge in [-0.25, -0.2) is 0 Å². The Morgan fingerprint density at radius 1 is 1.00 bits per heavy atom. The molecule has 1 N–H and O–H groups in total. The number of nitrogens with zero attached hydrogens (tertiary/aromatic N) is 3. The molecule has 0 saturated heterocycles. The molecule has 0 saturated carbocycles. The summed E-state index contributed by atoms with van der Waals surface area (Å²) in [5.74, 6) is -0.631. The molecule has 4 rings (SSSR count). The second-order valence-corrected chi connectivity index (χ2v) is 8.90. The number of rotatable bonds is 8. The highest BCUT2D eigenvalue weighted by Gasteiger charge is 2.30. The fourth-order valence-electron chi connectivity index (χ4n) is 4.26. The lowest BCUT2D eigenvalue weighted by atomic mass is 10.1. The minimum Gasteiger partial charge on any atom is -0.344 e. The highest BCUT2D eigenvalue weighted by Crippen LogP contribution is 2.31. The molecular formula is C29H27F3N4O2. The van der Waals surface area contributed by atoms with Crippen LogP contribution in [0.4, 0.5) is 18.9 Å². The number of carbonyl (C=O) groups is 2. The van der Waals surface area contributed by atoms with Gasteiger partial charge in [-0.3, -0.25) is 14.6 Å². The Bertz CT molecular complexity index is 1420. The molecule has 0 aliphatic carbocycles. The van der Waals surface area contributed by atoms with E-state index in [2.05, 4.69) is 10.3 Å². The summed E-state index contributed by atoms with van der Waals surface area (Å²) in [6.45, 7) is 2.81. The zero-order chi connectivity index (χ0) is 27.3. The number of nitrogens with one attached hydrogen (secondary N) is 1. The molecule has 38 heavy (non-hydrogen) atoms. The summed E-state index contributed by atoms with van der Waals surface area (Å²) < 4.78 is 41.3. The maximum atomic E-state index is 13.2. The monoisotopic (exact) mass is 520 g/mol. The van der Waals surface area contributed by atoms with Gasteiger partial charge in [-0.2, -0.15) is 13.2 Å². The summed E-state index contributed by atoms with van der Waals surface area (Å²) in [7, 11) is 1.73. The van der Waals surface area contributed by atoms with Gasteiger partial charge in [-0.1, -0.05) is 36.4 Å². The van der Waals surface area contributed by atoms with E-state index >= 15 is 0 Å². The van der Waals surface area contributed by atoms with Crippen molar-refractivity contribution in [3.8, 4) is 11.3 Å². The zero-order valence-corrected chi connectivity index (χ0v) is 21.0. The van der Waals surface area contributed by atoms with Crippen molar-refractivity contribution in [2.24, 2.45) is 0 Å². The second-order valence-electron chi connectivity index (χ2n) is 8.90. The van der Waals surface area contributed by atoms with Crippen molar-refractivity contribution in [3.63, 3.8) is 0 Å². The molecule has 2 aromatic carbocycles. The first-order valence-electron chi connectivity index (χ1n) is 12.0. The predicted octanol–water partition coefficient (Wildman–Crippen LogP) is 6.29. The number of alkyl halides is 3. The Hall–Kier alpha value is -4.40. The Balaban J connectivity index is 1.55. The molecule has 6 nitrogen and oxygen atoms in total. The fourth-order valence-corrected chi connectivity index (χ4v) is 4.26. The SMILES string of the molecule is Cc1c(C(=O)Nc2cccc(C(F)(F)F)c2)cc(-c2ccccc2)n1CCCN(C)C(=O)c1cccnc1. The molecule has 9 heteroatoms. The minimum atomic E-state index is -4.51. The Morgan fingerprint density at radius 2 is 1.76 bits per heavy atom. The van der Waals surface area contributed by atoms with E-state index < -0.39 is 17.6 Å². The van der Waals surface area contributed by atoms with Crippen LogP contribution in [-0.2, 0) is 12.7 Å². The van der Waals surface area contributed by atoms with Crippen molar-refractivity contribution in [3.05, 3.63) is 108 Å². The smallest absolute Gasteiger partial charge is 0.344 e. The summed E-state index contributed by atoms with van der Waals surface area (Å²) in [6.07, 6.45) is -0.756. The van der Waals surface area contributed by atoms with Crippen LogP contribution in [0.25, 0.3) is 11.3 Å². The molecule has 0 spiro atoms. The highest BCUT2D eigenvalue weighted by molar-refractivity contribution is 6.06. The van der Waals surface area contributed by atoms with Crippen LogP contribution in [0.15, 0.2) is 85.2 Å². The highest BCUT2D eigenvalue weighted by atomic mass is 19.4. The Morgan fingerprint density at radius 3 is 2.45 bits per heavy atom. The number of hydrogen-bond acceptors (Lipinski definition) is 3. The number of carbonyl (C=O) groups excluding carboxylic acids is 2.